The number of methoxy groups -OCH3 is 2. The van der Waals surface area contributed by atoms with Gasteiger partial charge < -0.3 is 23.8 Å². The molecule has 0 N–H and O–H groups in total. The third kappa shape index (κ3) is 5.69. The highest BCUT2D eigenvalue weighted by Crippen LogP contribution is 2.33. The van der Waals surface area contributed by atoms with Crippen LogP contribution < -0.4 is 14.2 Å². The van der Waals surface area contributed by atoms with Crippen molar-refractivity contribution in [3.8, 4) is 17.2 Å². The van der Waals surface area contributed by atoms with Crippen molar-refractivity contribution in [1.82, 2.24) is 4.90 Å². The lowest BCUT2D eigenvalue weighted by Crippen LogP contribution is -2.38. The molecule has 3 rings (SSSR count). The molecule has 7 nitrogen and oxygen atoms in total. The van der Waals surface area contributed by atoms with Gasteiger partial charge in [-0.2, -0.15) is 0 Å². The van der Waals surface area contributed by atoms with E-state index in [0.29, 0.717) is 54.8 Å². The predicted molar refractivity (Wildman–Crippen MR) is 116 cm³/mol. The molecular weight excluding hydrogens is 398 g/mol. The van der Waals surface area contributed by atoms with Crippen LogP contribution in [0.2, 0.25) is 0 Å². The number of fused-ring (bicyclic) bond motifs is 1. The summed E-state index contributed by atoms with van der Waals surface area (Å²) in [4.78, 5) is 26.6. The monoisotopic (exact) mass is 427 g/mol. The minimum absolute atomic E-state index is 0.231. The number of benzene rings is 2. The van der Waals surface area contributed by atoms with E-state index in [2.05, 4.69) is 13.8 Å². The summed E-state index contributed by atoms with van der Waals surface area (Å²) >= 11 is 0. The average Bonchev–Trinajstić information content (AvgIpc) is 2.79. The molecule has 0 aliphatic carbocycles. The minimum Gasteiger partial charge on any atom is -0.493 e. The van der Waals surface area contributed by atoms with Crippen LogP contribution in [0.3, 0.4) is 0 Å². The van der Waals surface area contributed by atoms with Gasteiger partial charge in [0.25, 0.3) is 5.91 Å². The van der Waals surface area contributed by atoms with Crippen LogP contribution in [0.25, 0.3) is 0 Å². The highest BCUT2D eigenvalue weighted by Gasteiger charge is 2.24. The van der Waals surface area contributed by atoms with Gasteiger partial charge >= 0.3 is 5.97 Å². The maximum atomic E-state index is 12.6. The van der Waals surface area contributed by atoms with Crippen LogP contribution in [-0.4, -0.2) is 50.8 Å². The van der Waals surface area contributed by atoms with E-state index in [1.54, 1.807) is 43.4 Å². The first kappa shape index (κ1) is 22.5. The fourth-order valence-corrected chi connectivity index (χ4v) is 3.35. The van der Waals surface area contributed by atoms with E-state index in [1.807, 2.05) is 12.1 Å². The van der Waals surface area contributed by atoms with Gasteiger partial charge in [-0.25, -0.2) is 4.79 Å². The molecule has 0 aromatic heterocycles. The van der Waals surface area contributed by atoms with E-state index in [1.165, 1.54) is 0 Å². The summed E-state index contributed by atoms with van der Waals surface area (Å²) in [6.07, 6.45) is 0.702. The Morgan fingerprint density at radius 1 is 1.00 bits per heavy atom. The molecule has 0 saturated heterocycles. The Morgan fingerprint density at radius 3 is 2.26 bits per heavy atom. The summed E-state index contributed by atoms with van der Waals surface area (Å²) in [7, 11) is 3.18. The molecule has 1 aliphatic rings. The van der Waals surface area contributed by atoms with Crippen LogP contribution in [0.15, 0.2) is 36.4 Å². The smallest absolute Gasteiger partial charge is 0.338 e. The van der Waals surface area contributed by atoms with Crippen LogP contribution in [-0.2, 0) is 22.5 Å². The van der Waals surface area contributed by atoms with Crippen molar-refractivity contribution in [3.63, 3.8) is 0 Å². The lowest BCUT2D eigenvalue weighted by atomic mass is 9.99. The largest absolute Gasteiger partial charge is 0.493 e. The van der Waals surface area contributed by atoms with E-state index in [9.17, 15) is 9.59 Å². The first-order valence-electron chi connectivity index (χ1n) is 10.3. The fourth-order valence-electron chi connectivity index (χ4n) is 3.35. The molecule has 0 atom stereocenters. The topological polar surface area (TPSA) is 74.3 Å². The van der Waals surface area contributed by atoms with Crippen molar-refractivity contribution >= 4 is 11.9 Å². The van der Waals surface area contributed by atoms with Gasteiger partial charge in [0.2, 0.25) is 0 Å². The number of carbonyl (C=O) groups excluding carboxylic acids is 2. The molecule has 31 heavy (non-hydrogen) atoms. The van der Waals surface area contributed by atoms with E-state index in [0.717, 1.165) is 11.1 Å². The summed E-state index contributed by atoms with van der Waals surface area (Å²) < 4.78 is 21.5. The maximum absolute atomic E-state index is 12.6. The van der Waals surface area contributed by atoms with Crippen molar-refractivity contribution in [2.75, 3.05) is 34.0 Å². The van der Waals surface area contributed by atoms with Gasteiger partial charge in [-0.05, 0) is 59.9 Å². The first-order chi connectivity index (χ1) is 14.9. The standard InChI is InChI=1S/C24H29NO6/c1-16(2)14-30-20-7-5-17(6-8-20)24(27)31-15-23(26)25-10-9-18-11-21(28-3)22(29-4)12-19(18)13-25/h5-8,11-12,16H,9-10,13-15H2,1-4H3. The normalized spacial score (nSPS) is 12.9. The fraction of sp³-hybridized carbons (Fsp3) is 0.417. The molecule has 2 aromatic rings. The highest BCUT2D eigenvalue weighted by atomic mass is 16.5. The Balaban J connectivity index is 1.54. The minimum atomic E-state index is -0.535. The summed E-state index contributed by atoms with van der Waals surface area (Å²) in [6, 6.07) is 10.6. The maximum Gasteiger partial charge on any atom is 0.338 e. The second-order valence-corrected chi connectivity index (χ2v) is 7.85. The second-order valence-electron chi connectivity index (χ2n) is 7.85. The molecule has 1 aliphatic heterocycles. The van der Waals surface area contributed by atoms with Gasteiger partial charge in [0, 0.05) is 13.1 Å². The number of carbonyl (C=O) groups is 2. The Labute approximate surface area is 182 Å². The van der Waals surface area contributed by atoms with Crippen LogP contribution in [0, 0.1) is 5.92 Å². The number of amides is 1. The number of hydrogen-bond donors (Lipinski definition) is 0. The SMILES string of the molecule is COc1cc2c(cc1OC)CN(C(=O)COC(=O)c1ccc(OCC(C)C)cc1)CC2. The lowest BCUT2D eigenvalue weighted by Gasteiger charge is -2.29. The van der Waals surface area contributed by atoms with Crippen LogP contribution in [0.5, 0.6) is 17.2 Å². The van der Waals surface area contributed by atoms with Gasteiger partial charge in [0.05, 0.1) is 26.4 Å². The number of rotatable bonds is 8. The van der Waals surface area contributed by atoms with E-state index in [4.69, 9.17) is 18.9 Å². The first-order valence-corrected chi connectivity index (χ1v) is 10.3. The average molecular weight is 427 g/mol. The van der Waals surface area contributed by atoms with Crippen LogP contribution in [0.1, 0.15) is 35.3 Å². The van der Waals surface area contributed by atoms with Gasteiger partial charge in [-0.1, -0.05) is 13.8 Å². The van der Waals surface area contributed by atoms with Gasteiger partial charge in [-0.3, -0.25) is 4.79 Å². The number of nitrogens with zero attached hydrogens (tertiary/aromatic N) is 1. The van der Waals surface area contributed by atoms with E-state index < -0.39 is 5.97 Å². The Bertz CT molecular complexity index is 922. The predicted octanol–water partition coefficient (Wildman–Crippen LogP) is 3.48. The lowest BCUT2D eigenvalue weighted by molar-refractivity contribution is -0.135. The molecule has 0 bridgehead atoms. The molecule has 0 fully saturated rings. The van der Waals surface area contributed by atoms with Gasteiger partial charge in [0.1, 0.15) is 5.75 Å². The zero-order valence-corrected chi connectivity index (χ0v) is 18.5. The number of ether oxygens (including phenoxy) is 4. The number of esters is 1. The van der Waals surface area contributed by atoms with Crippen LogP contribution in [0.4, 0.5) is 0 Å². The third-order valence-corrected chi connectivity index (χ3v) is 5.07. The Morgan fingerprint density at radius 2 is 1.65 bits per heavy atom. The molecule has 0 saturated carbocycles. The van der Waals surface area contributed by atoms with Crippen molar-refractivity contribution in [2.45, 2.75) is 26.8 Å². The van der Waals surface area contributed by atoms with Crippen LogP contribution >= 0.6 is 0 Å². The van der Waals surface area contributed by atoms with Gasteiger partial charge in [0.15, 0.2) is 18.1 Å². The highest BCUT2D eigenvalue weighted by molar-refractivity contribution is 5.91. The Hall–Kier alpha value is -3.22. The molecule has 7 heteroatoms. The molecule has 0 spiro atoms. The van der Waals surface area contributed by atoms with E-state index >= 15 is 0 Å². The van der Waals surface area contributed by atoms with Crippen molar-refractivity contribution in [1.29, 1.82) is 0 Å². The summed E-state index contributed by atoms with van der Waals surface area (Å²) in [5, 5.41) is 0. The van der Waals surface area contributed by atoms with Crippen molar-refractivity contribution in [3.05, 3.63) is 53.1 Å². The third-order valence-electron chi connectivity index (χ3n) is 5.07. The molecule has 0 unspecified atom stereocenters. The molecule has 2 aromatic carbocycles. The Kier molecular flexibility index (Phi) is 7.39. The number of hydrogen-bond acceptors (Lipinski definition) is 6. The molecular formula is C24H29NO6. The zero-order chi connectivity index (χ0) is 22.4. The molecule has 166 valence electrons. The van der Waals surface area contributed by atoms with E-state index in [-0.39, 0.29) is 12.5 Å². The molecule has 0 radical (unpaired) electrons. The summed E-state index contributed by atoms with van der Waals surface area (Å²) in [5.41, 5.74) is 2.50. The quantitative estimate of drug-likeness (QED) is 0.601. The zero-order valence-electron chi connectivity index (χ0n) is 18.5. The second kappa shape index (κ2) is 10.2. The van der Waals surface area contributed by atoms with Gasteiger partial charge in [-0.15, -0.1) is 0 Å². The van der Waals surface area contributed by atoms with Crippen molar-refractivity contribution < 1.29 is 28.5 Å². The molecule has 1 heterocycles. The van der Waals surface area contributed by atoms with Crippen molar-refractivity contribution in [2.24, 2.45) is 5.92 Å². The summed E-state index contributed by atoms with van der Waals surface area (Å²) in [5.74, 6) is 1.65. The molecule has 1 amide bonds. The summed E-state index contributed by atoms with van der Waals surface area (Å²) in [6.45, 7) is 5.44.